The number of fused-ring (bicyclic) bond motifs is 1. The fraction of sp³-hybridized carbons (Fsp3) is 0.346. The van der Waals surface area contributed by atoms with Gasteiger partial charge in [0.25, 0.3) is 10.0 Å². The molecule has 2 N–H and O–H groups in total. The minimum Gasteiger partial charge on any atom is -0.453 e. The molecular weight excluding hydrogens is 607 g/mol. The third-order valence-corrected chi connectivity index (χ3v) is 10.5. The molecule has 0 bridgehead atoms. The van der Waals surface area contributed by atoms with Gasteiger partial charge in [-0.3, -0.25) is 10.2 Å². The maximum Gasteiger partial charge on any atom is 0.413 e. The van der Waals surface area contributed by atoms with Crippen molar-refractivity contribution in [2.45, 2.75) is 24.1 Å². The Kier molecular flexibility index (Phi) is 8.84. The molecule has 0 aliphatic carbocycles. The second-order valence-electron chi connectivity index (χ2n) is 9.65. The lowest BCUT2D eigenvalue weighted by molar-refractivity contribution is 0.184. The second-order valence-corrected chi connectivity index (χ2v) is 13.1. The Morgan fingerprint density at radius 3 is 2.64 bits per heavy atom. The first kappa shape index (κ1) is 30.0. The van der Waals surface area contributed by atoms with Crippen LogP contribution in [-0.2, 0) is 14.8 Å². The number of carbonyl (C=O) groups excluding carboxylic acids is 1. The number of aromatic nitrogens is 4. The summed E-state index contributed by atoms with van der Waals surface area (Å²) in [5.41, 5.74) is 2.18. The van der Waals surface area contributed by atoms with E-state index in [1.54, 1.807) is 13.0 Å². The number of hydrogen-bond donors (Lipinski definition) is 2. The molecule has 4 heterocycles. The minimum absolute atomic E-state index is 0.0241. The highest BCUT2D eigenvalue weighted by atomic mass is 35.5. The summed E-state index contributed by atoms with van der Waals surface area (Å²) < 4.78 is 46.4. The number of para-hydroxylation sites is 1. The van der Waals surface area contributed by atoms with Crippen molar-refractivity contribution in [1.29, 1.82) is 0 Å². The van der Waals surface area contributed by atoms with Crippen molar-refractivity contribution < 1.29 is 22.3 Å². The third-order valence-electron chi connectivity index (χ3n) is 6.71. The Bertz CT molecular complexity index is 1730. The van der Waals surface area contributed by atoms with Crippen LogP contribution < -0.4 is 10.6 Å². The number of rotatable bonds is 8. The van der Waals surface area contributed by atoms with Crippen LogP contribution in [0.2, 0.25) is 5.15 Å². The monoisotopic (exact) mass is 634 g/mol. The van der Waals surface area contributed by atoms with Gasteiger partial charge >= 0.3 is 6.09 Å². The zero-order chi connectivity index (χ0) is 30.0. The normalized spacial score (nSPS) is 15.5. The lowest BCUT2D eigenvalue weighted by Crippen LogP contribution is -2.50. The number of thiazole rings is 1. The average Bonchev–Trinajstić information content (AvgIpc) is 3.35. The van der Waals surface area contributed by atoms with Crippen LogP contribution >= 0.6 is 22.9 Å². The maximum atomic E-state index is 13.7. The number of benzene rings is 1. The smallest absolute Gasteiger partial charge is 0.413 e. The number of pyridine rings is 1. The fourth-order valence-electron chi connectivity index (χ4n) is 4.73. The van der Waals surface area contributed by atoms with E-state index in [1.165, 1.54) is 23.8 Å². The lowest BCUT2D eigenvalue weighted by Gasteiger charge is -2.35. The van der Waals surface area contributed by atoms with Gasteiger partial charge in [0.2, 0.25) is 0 Å². The Morgan fingerprint density at radius 2 is 1.93 bits per heavy atom. The van der Waals surface area contributed by atoms with E-state index in [1.807, 2.05) is 25.1 Å². The Balaban J connectivity index is 1.23. The summed E-state index contributed by atoms with van der Waals surface area (Å²) in [6.45, 7) is 6.00. The molecule has 1 atom stereocenters. The Hall–Kier alpha value is -3.50. The van der Waals surface area contributed by atoms with E-state index in [-0.39, 0.29) is 20.5 Å². The van der Waals surface area contributed by atoms with Crippen molar-refractivity contribution in [1.82, 2.24) is 29.1 Å². The number of nitrogens with one attached hydrogen (secondary N) is 2. The highest BCUT2D eigenvalue weighted by molar-refractivity contribution is 7.91. The van der Waals surface area contributed by atoms with E-state index >= 15 is 0 Å². The topological polar surface area (TPSA) is 143 Å². The van der Waals surface area contributed by atoms with Crippen LogP contribution in [0.25, 0.3) is 22.2 Å². The van der Waals surface area contributed by atoms with Crippen LogP contribution in [-0.4, -0.2) is 89.5 Å². The summed E-state index contributed by atoms with van der Waals surface area (Å²) in [7, 11) is -2.55. The third kappa shape index (κ3) is 6.29. The Labute approximate surface area is 251 Å². The Morgan fingerprint density at radius 1 is 1.17 bits per heavy atom. The summed E-state index contributed by atoms with van der Waals surface area (Å²) in [5, 5.41) is 6.60. The summed E-state index contributed by atoms with van der Waals surface area (Å²) in [6.07, 6.45) is 0.748. The van der Waals surface area contributed by atoms with Gasteiger partial charge in [-0.15, -0.1) is 0 Å². The number of anilines is 2. The molecule has 1 saturated heterocycles. The zero-order valence-electron chi connectivity index (χ0n) is 23.0. The molecule has 0 radical (unpaired) electrons. The number of piperazine rings is 1. The number of halogens is 2. The van der Waals surface area contributed by atoms with E-state index in [0.717, 1.165) is 16.7 Å². The number of hydrogen-bond acceptors (Lipinski definition) is 11. The SMILES string of the molecule is COC(=O)Nc1nc(C)c(S(=O)(=O)N2CCN(C[C@H](C)Nc3ncnc4c(-c5ccc(F)c(Cl)n5)cccc34)CC2)s1. The van der Waals surface area contributed by atoms with E-state index in [4.69, 9.17) is 11.6 Å². The van der Waals surface area contributed by atoms with Crippen LogP contribution in [0.1, 0.15) is 12.6 Å². The summed E-state index contributed by atoms with van der Waals surface area (Å²) in [4.78, 5) is 30.9. The number of sulfonamides is 1. The highest BCUT2D eigenvalue weighted by Crippen LogP contribution is 2.32. The molecule has 1 amide bonds. The van der Waals surface area contributed by atoms with E-state index in [9.17, 15) is 17.6 Å². The van der Waals surface area contributed by atoms with Crippen LogP contribution in [0.3, 0.4) is 0 Å². The van der Waals surface area contributed by atoms with Crippen LogP contribution in [0.15, 0.2) is 40.9 Å². The van der Waals surface area contributed by atoms with Gasteiger partial charge in [-0.25, -0.2) is 37.5 Å². The molecule has 4 aromatic rings. The number of nitrogens with zero attached hydrogens (tertiary/aromatic N) is 6. The molecule has 222 valence electrons. The quantitative estimate of drug-likeness (QED) is 0.270. The molecule has 0 saturated carbocycles. The number of aryl methyl sites for hydroxylation is 1. The predicted molar refractivity (Wildman–Crippen MR) is 159 cm³/mol. The average molecular weight is 635 g/mol. The van der Waals surface area contributed by atoms with Gasteiger partial charge in [-0.1, -0.05) is 35.1 Å². The van der Waals surface area contributed by atoms with Gasteiger partial charge in [0.15, 0.2) is 20.3 Å². The molecule has 0 unspecified atom stereocenters. The molecule has 3 aromatic heterocycles. The first-order chi connectivity index (χ1) is 20.1. The molecule has 42 heavy (non-hydrogen) atoms. The standard InChI is InChI=1S/C26H28ClFN8O4S2/c1-15(31-23-18-6-4-5-17(21(18)29-14-30-23)20-8-7-19(28)22(27)33-20)13-35-9-11-36(12-10-35)42(38,39)24-16(2)32-25(41-24)34-26(37)40-3/h4-8,14-15H,9-13H2,1-3H3,(H,29,30,31)(H,32,34,37)/t15-/m0/s1. The molecular formula is C26H28ClFN8O4S2. The summed E-state index contributed by atoms with van der Waals surface area (Å²) in [5.74, 6) is 0.0476. The van der Waals surface area contributed by atoms with Gasteiger partial charge in [0, 0.05) is 49.7 Å². The van der Waals surface area contributed by atoms with Gasteiger partial charge in [0.1, 0.15) is 12.1 Å². The largest absolute Gasteiger partial charge is 0.453 e. The molecule has 12 nitrogen and oxygen atoms in total. The predicted octanol–water partition coefficient (Wildman–Crippen LogP) is 4.23. The number of amides is 1. The molecule has 1 aromatic carbocycles. The minimum atomic E-state index is -3.77. The number of methoxy groups -OCH3 is 1. The maximum absolute atomic E-state index is 13.7. The van der Waals surface area contributed by atoms with Crippen LogP contribution in [0.4, 0.5) is 20.1 Å². The van der Waals surface area contributed by atoms with Crippen LogP contribution in [0, 0.1) is 12.7 Å². The van der Waals surface area contributed by atoms with E-state index in [0.29, 0.717) is 61.0 Å². The lowest BCUT2D eigenvalue weighted by atomic mass is 10.1. The zero-order valence-corrected chi connectivity index (χ0v) is 25.4. The van der Waals surface area contributed by atoms with Crippen molar-refractivity contribution in [2.24, 2.45) is 0 Å². The van der Waals surface area contributed by atoms with E-state index in [2.05, 4.69) is 40.2 Å². The summed E-state index contributed by atoms with van der Waals surface area (Å²) >= 11 is 6.81. The van der Waals surface area contributed by atoms with Gasteiger partial charge in [-0.2, -0.15) is 4.31 Å². The van der Waals surface area contributed by atoms with Crippen molar-refractivity contribution >= 4 is 60.9 Å². The van der Waals surface area contributed by atoms with Crippen molar-refractivity contribution in [2.75, 3.05) is 50.5 Å². The molecule has 5 rings (SSSR count). The van der Waals surface area contributed by atoms with Crippen molar-refractivity contribution in [3.05, 3.63) is 53.3 Å². The molecule has 0 spiro atoms. The first-order valence-electron chi connectivity index (χ1n) is 12.9. The van der Waals surface area contributed by atoms with Gasteiger partial charge < -0.3 is 10.1 Å². The number of ether oxygens (including phenoxy) is 1. The van der Waals surface area contributed by atoms with E-state index < -0.39 is 21.9 Å². The molecule has 1 aliphatic rings. The number of carbonyl (C=O) groups is 1. The van der Waals surface area contributed by atoms with Crippen molar-refractivity contribution in [3.63, 3.8) is 0 Å². The van der Waals surface area contributed by atoms with Gasteiger partial charge in [-0.05, 0) is 32.0 Å². The van der Waals surface area contributed by atoms with Gasteiger partial charge in [0.05, 0.1) is 24.0 Å². The first-order valence-corrected chi connectivity index (χ1v) is 15.6. The highest BCUT2D eigenvalue weighted by Gasteiger charge is 2.32. The molecule has 16 heteroatoms. The fourth-order valence-corrected chi connectivity index (χ4v) is 7.84. The molecule has 1 fully saturated rings. The second kappa shape index (κ2) is 12.4. The van der Waals surface area contributed by atoms with Crippen molar-refractivity contribution in [3.8, 4) is 11.3 Å². The molecule has 1 aliphatic heterocycles. The van der Waals surface area contributed by atoms with Crippen LogP contribution in [0.5, 0.6) is 0 Å². The summed E-state index contributed by atoms with van der Waals surface area (Å²) in [6, 6.07) is 8.41.